The maximum absolute atomic E-state index is 5.36. The van der Waals surface area contributed by atoms with E-state index in [0.29, 0.717) is 0 Å². The smallest absolute Gasteiger partial charge is 0.139 e. The minimum absolute atomic E-state index is 0.895. The van der Waals surface area contributed by atoms with Crippen molar-refractivity contribution in [1.29, 1.82) is 0 Å². The summed E-state index contributed by atoms with van der Waals surface area (Å²) in [5.41, 5.74) is 0.895. The Hall–Kier alpha value is -1.55. The zero-order chi connectivity index (χ0) is 12.2. The van der Waals surface area contributed by atoms with Crippen LogP contribution in [0, 0.1) is 0 Å². The maximum Gasteiger partial charge on any atom is 0.139 e. The fourth-order valence-electron chi connectivity index (χ4n) is 2.55. The van der Waals surface area contributed by atoms with Gasteiger partial charge in [0.15, 0.2) is 0 Å². The SMILES string of the molecule is c1cc2occc2c(NCCCN2CCCC2)n1. The summed E-state index contributed by atoms with van der Waals surface area (Å²) in [5, 5.41) is 4.47. The molecule has 0 aromatic carbocycles. The predicted molar refractivity (Wildman–Crippen MR) is 72.8 cm³/mol. The molecular weight excluding hydrogens is 226 g/mol. The fourth-order valence-corrected chi connectivity index (χ4v) is 2.55. The highest BCUT2D eigenvalue weighted by molar-refractivity contribution is 5.87. The number of likely N-dealkylation sites (tertiary alicyclic amines) is 1. The fraction of sp³-hybridized carbons (Fsp3) is 0.500. The van der Waals surface area contributed by atoms with E-state index in [0.717, 1.165) is 29.8 Å². The van der Waals surface area contributed by atoms with Crippen molar-refractivity contribution in [1.82, 2.24) is 9.88 Å². The van der Waals surface area contributed by atoms with Crippen LogP contribution in [0.15, 0.2) is 29.0 Å². The Morgan fingerprint density at radius 1 is 1.28 bits per heavy atom. The largest absolute Gasteiger partial charge is 0.464 e. The van der Waals surface area contributed by atoms with Crippen LogP contribution in [0.3, 0.4) is 0 Å². The third-order valence-electron chi connectivity index (χ3n) is 3.52. The lowest BCUT2D eigenvalue weighted by Gasteiger charge is -2.14. The first-order valence-electron chi connectivity index (χ1n) is 6.72. The third-order valence-corrected chi connectivity index (χ3v) is 3.52. The molecule has 0 aliphatic carbocycles. The molecule has 1 saturated heterocycles. The van der Waals surface area contributed by atoms with E-state index in [-0.39, 0.29) is 0 Å². The molecule has 0 atom stereocenters. The van der Waals surface area contributed by atoms with Gasteiger partial charge in [-0.15, -0.1) is 0 Å². The Morgan fingerprint density at radius 2 is 2.17 bits per heavy atom. The van der Waals surface area contributed by atoms with Crippen LogP contribution in [0.25, 0.3) is 11.0 Å². The van der Waals surface area contributed by atoms with Gasteiger partial charge in [-0.25, -0.2) is 4.98 Å². The zero-order valence-corrected chi connectivity index (χ0v) is 10.6. The summed E-state index contributed by atoms with van der Waals surface area (Å²) in [6, 6.07) is 3.86. The lowest BCUT2D eigenvalue weighted by molar-refractivity contribution is 0.337. The number of furan rings is 1. The van der Waals surface area contributed by atoms with E-state index in [9.17, 15) is 0 Å². The van der Waals surface area contributed by atoms with Gasteiger partial charge in [0.1, 0.15) is 11.4 Å². The molecule has 4 heteroatoms. The molecule has 4 nitrogen and oxygen atoms in total. The van der Waals surface area contributed by atoms with Crippen molar-refractivity contribution in [3.05, 3.63) is 24.6 Å². The predicted octanol–water partition coefficient (Wildman–Crippen LogP) is 2.73. The number of aromatic nitrogens is 1. The van der Waals surface area contributed by atoms with Crippen LogP contribution in [0.2, 0.25) is 0 Å². The minimum atomic E-state index is 0.895. The van der Waals surface area contributed by atoms with Gasteiger partial charge in [-0.3, -0.25) is 0 Å². The molecule has 3 heterocycles. The van der Waals surface area contributed by atoms with Crippen LogP contribution in [0.5, 0.6) is 0 Å². The highest BCUT2D eigenvalue weighted by Gasteiger charge is 2.10. The van der Waals surface area contributed by atoms with Gasteiger partial charge in [-0.2, -0.15) is 0 Å². The van der Waals surface area contributed by atoms with Crippen molar-refractivity contribution in [3.63, 3.8) is 0 Å². The van der Waals surface area contributed by atoms with E-state index in [1.165, 1.54) is 32.5 Å². The number of hydrogen-bond acceptors (Lipinski definition) is 4. The van der Waals surface area contributed by atoms with Gasteiger partial charge in [0, 0.05) is 12.7 Å². The summed E-state index contributed by atoms with van der Waals surface area (Å²) in [6.07, 6.45) is 7.39. The second-order valence-electron chi connectivity index (χ2n) is 4.82. The zero-order valence-electron chi connectivity index (χ0n) is 10.6. The third kappa shape index (κ3) is 2.48. The van der Waals surface area contributed by atoms with Crippen LogP contribution >= 0.6 is 0 Å². The average molecular weight is 245 g/mol. The minimum Gasteiger partial charge on any atom is -0.464 e. The first-order chi connectivity index (χ1) is 8.93. The summed E-state index contributed by atoms with van der Waals surface area (Å²) in [7, 11) is 0. The molecule has 0 spiro atoms. The van der Waals surface area contributed by atoms with Crippen LogP contribution in [-0.2, 0) is 0 Å². The number of nitrogens with zero attached hydrogens (tertiary/aromatic N) is 2. The van der Waals surface area contributed by atoms with E-state index in [1.54, 1.807) is 12.5 Å². The van der Waals surface area contributed by atoms with Gasteiger partial charge in [-0.1, -0.05) is 0 Å². The molecule has 0 radical (unpaired) electrons. The van der Waals surface area contributed by atoms with Crippen molar-refractivity contribution in [2.45, 2.75) is 19.3 Å². The Labute approximate surface area is 107 Å². The molecule has 0 amide bonds. The van der Waals surface area contributed by atoms with Crippen molar-refractivity contribution in [2.24, 2.45) is 0 Å². The average Bonchev–Trinajstić information content (AvgIpc) is 3.05. The number of pyridine rings is 1. The lowest BCUT2D eigenvalue weighted by atomic mass is 10.3. The van der Waals surface area contributed by atoms with Gasteiger partial charge in [0.2, 0.25) is 0 Å². The molecule has 2 aromatic heterocycles. The number of nitrogens with one attached hydrogen (secondary N) is 1. The van der Waals surface area contributed by atoms with Crippen LogP contribution in [-0.4, -0.2) is 36.1 Å². The molecule has 1 fully saturated rings. The number of anilines is 1. The van der Waals surface area contributed by atoms with Crippen molar-refractivity contribution in [3.8, 4) is 0 Å². The van der Waals surface area contributed by atoms with E-state index in [2.05, 4.69) is 15.2 Å². The Morgan fingerprint density at radius 3 is 3.06 bits per heavy atom. The first kappa shape index (κ1) is 11.5. The Balaban J connectivity index is 1.51. The maximum atomic E-state index is 5.36. The molecule has 0 bridgehead atoms. The standard InChI is InChI=1S/C14H19N3O/c1-2-9-17(8-1)10-3-6-15-14-12-5-11-18-13(12)4-7-16-14/h4-5,7,11H,1-3,6,8-10H2,(H,15,16). The molecule has 0 unspecified atom stereocenters. The number of rotatable bonds is 5. The van der Waals surface area contributed by atoms with Gasteiger partial charge < -0.3 is 14.6 Å². The van der Waals surface area contributed by atoms with Crippen molar-refractivity contribution >= 4 is 16.8 Å². The van der Waals surface area contributed by atoms with Crippen LogP contribution < -0.4 is 5.32 Å². The highest BCUT2D eigenvalue weighted by atomic mass is 16.3. The summed E-state index contributed by atoms with van der Waals surface area (Å²) in [6.45, 7) is 4.70. The molecule has 18 heavy (non-hydrogen) atoms. The molecular formula is C14H19N3O. The molecule has 96 valence electrons. The van der Waals surface area contributed by atoms with Gasteiger partial charge in [-0.05, 0) is 51.0 Å². The Bertz CT molecular complexity index is 502. The summed E-state index contributed by atoms with van der Waals surface area (Å²) < 4.78 is 5.36. The molecule has 1 aliphatic heterocycles. The summed E-state index contributed by atoms with van der Waals surface area (Å²) >= 11 is 0. The first-order valence-corrected chi connectivity index (χ1v) is 6.72. The normalized spacial score (nSPS) is 16.4. The van der Waals surface area contributed by atoms with Crippen molar-refractivity contribution < 1.29 is 4.42 Å². The second-order valence-corrected chi connectivity index (χ2v) is 4.82. The number of hydrogen-bond donors (Lipinski definition) is 1. The lowest BCUT2D eigenvalue weighted by Crippen LogP contribution is -2.22. The Kier molecular flexibility index (Phi) is 3.46. The molecule has 3 rings (SSSR count). The van der Waals surface area contributed by atoms with Gasteiger partial charge >= 0.3 is 0 Å². The van der Waals surface area contributed by atoms with E-state index in [1.807, 2.05) is 12.1 Å². The topological polar surface area (TPSA) is 41.3 Å². The molecule has 1 aliphatic rings. The van der Waals surface area contributed by atoms with Crippen molar-refractivity contribution in [2.75, 3.05) is 31.5 Å². The molecule has 0 saturated carbocycles. The van der Waals surface area contributed by atoms with E-state index in [4.69, 9.17) is 4.42 Å². The monoisotopic (exact) mass is 245 g/mol. The van der Waals surface area contributed by atoms with Crippen LogP contribution in [0.1, 0.15) is 19.3 Å². The van der Waals surface area contributed by atoms with Gasteiger partial charge in [0.25, 0.3) is 0 Å². The molecule has 1 N–H and O–H groups in total. The van der Waals surface area contributed by atoms with E-state index < -0.39 is 0 Å². The summed E-state index contributed by atoms with van der Waals surface area (Å²) in [5.74, 6) is 0.933. The van der Waals surface area contributed by atoms with Crippen LogP contribution in [0.4, 0.5) is 5.82 Å². The van der Waals surface area contributed by atoms with E-state index >= 15 is 0 Å². The number of fused-ring (bicyclic) bond motifs is 1. The molecule has 2 aromatic rings. The highest BCUT2D eigenvalue weighted by Crippen LogP contribution is 2.21. The summed E-state index contributed by atoms with van der Waals surface area (Å²) in [4.78, 5) is 6.90. The second kappa shape index (κ2) is 5.40. The quantitative estimate of drug-likeness (QED) is 0.822. The van der Waals surface area contributed by atoms with Gasteiger partial charge in [0.05, 0.1) is 11.6 Å².